The summed E-state index contributed by atoms with van der Waals surface area (Å²) in [6, 6.07) is 3.82. The number of carbonyl (C=O) groups excluding carboxylic acids is 2. The fraction of sp³-hybridized carbons (Fsp3) is 0.600. The summed E-state index contributed by atoms with van der Waals surface area (Å²) in [6.45, 7) is 6.64. The van der Waals surface area contributed by atoms with E-state index in [1.165, 1.54) is 9.75 Å². The summed E-state index contributed by atoms with van der Waals surface area (Å²) in [4.78, 5) is 28.6. The molecule has 0 aromatic carbocycles. The normalized spacial score (nSPS) is 21.6. The zero-order valence-corrected chi connectivity index (χ0v) is 13.1. The minimum Gasteiger partial charge on any atom is -0.344 e. The second kappa shape index (κ2) is 6.39. The number of thiophene rings is 1. The van der Waals surface area contributed by atoms with Gasteiger partial charge in [-0.1, -0.05) is 13.3 Å². The highest BCUT2D eigenvalue weighted by atomic mass is 32.1. The molecule has 1 aromatic heterocycles. The molecule has 4 nitrogen and oxygen atoms in total. The van der Waals surface area contributed by atoms with E-state index in [0.29, 0.717) is 19.4 Å². The molecule has 0 saturated carbocycles. The predicted octanol–water partition coefficient (Wildman–Crippen LogP) is 2.63. The highest BCUT2D eigenvalue weighted by molar-refractivity contribution is 7.12. The molecule has 2 unspecified atom stereocenters. The van der Waals surface area contributed by atoms with Crippen LogP contribution in [0, 0.1) is 6.92 Å². The first-order valence-electron chi connectivity index (χ1n) is 7.19. The molecule has 0 spiro atoms. The van der Waals surface area contributed by atoms with E-state index in [9.17, 15) is 9.59 Å². The van der Waals surface area contributed by atoms with E-state index >= 15 is 0 Å². The van der Waals surface area contributed by atoms with Crippen molar-refractivity contribution in [2.75, 3.05) is 6.54 Å². The van der Waals surface area contributed by atoms with Crippen LogP contribution in [0.4, 0.5) is 0 Å². The average molecular weight is 294 g/mol. The van der Waals surface area contributed by atoms with Gasteiger partial charge < -0.3 is 10.2 Å². The zero-order chi connectivity index (χ0) is 14.7. The average Bonchev–Trinajstić information content (AvgIpc) is 2.78. The van der Waals surface area contributed by atoms with E-state index in [2.05, 4.69) is 24.4 Å². The molecule has 1 N–H and O–H groups in total. The second-order valence-electron chi connectivity index (χ2n) is 5.31. The molecule has 0 radical (unpaired) electrons. The molecule has 1 fully saturated rings. The largest absolute Gasteiger partial charge is 0.344 e. The Morgan fingerprint density at radius 2 is 2.20 bits per heavy atom. The molecule has 1 aliphatic heterocycles. The van der Waals surface area contributed by atoms with Crippen LogP contribution in [0.5, 0.6) is 0 Å². The van der Waals surface area contributed by atoms with Crippen LogP contribution < -0.4 is 5.32 Å². The van der Waals surface area contributed by atoms with Crippen LogP contribution in [0.15, 0.2) is 12.1 Å². The lowest BCUT2D eigenvalue weighted by atomic mass is 10.1. The summed E-state index contributed by atoms with van der Waals surface area (Å²) in [6.07, 6.45) is 1.98. The number of nitrogens with one attached hydrogen (secondary N) is 1. The van der Waals surface area contributed by atoms with Crippen LogP contribution in [0.3, 0.4) is 0 Å². The summed E-state index contributed by atoms with van der Waals surface area (Å²) in [5, 5.41) is 2.84. The Morgan fingerprint density at radius 3 is 2.80 bits per heavy atom. The molecule has 20 heavy (non-hydrogen) atoms. The van der Waals surface area contributed by atoms with Gasteiger partial charge in [-0.05, 0) is 32.4 Å². The Bertz CT molecular complexity index is 498. The van der Waals surface area contributed by atoms with Crippen molar-refractivity contribution in [2.45, 2.75) is 52.1 Å². The van der Waals surface area contributed by atoms with Gasteiger partial charge in [-0.15, -0.1) is 11.3 Å². The van der Waals surface area contributed by atoms with Crippen molar-refractivity contribution in [1.82, 2.24) is 10.2 Å². The van der Waals surface area contributed by atoms with E-state index in [4.69, 9.17) is 0 Å². The first-order valence-corrected chi connectivity index (χ1v) is 8.00. The lowest BCUT2D eigenvalue weighted by Crippen LogP contribution is -2.45. The van der Waals surface area contributed by atoms with Crippen LogP contribution >= 0.6 is 11.3 Å². The fourth-order valence-corrected chi connectivity index (χ4v) is 3.50. The van der Waals surface area contributed by atoms with Gasteiger partial charge in [0.05, 0.1) is 6.04 Å². The minimum atomic E-state index is -0.362. The zero-order valence-electron chi connectivity index (χ0n) is 12.3. The summed E-state index contributed by atoms with van der Waals surface area (Å²) < 4.78 is 0. The third-order valence-corrected chi connectivity index (χ3v) is 4.88. The van der Waals surface area contributed by atoms with Crippen molar-refractivity contribution >= 4 is 23.2 Å². The summed E-state index contributed by atoms with van der Waals surface area (Å²) in [5.74, 6) is 0.0325. The number of hydrogen-bond donors (Lipinski definition) is 1. The van der Waals surface area contributed by atoms with Crippen LogP contribution in [0.1, 0.15) is 48.9 Å². The number of rotatable bonds is 4. The molecule has 1 saturated heterocycles. The Balaban J connectivity index is 2.20. The van der Waals surface area contributed by atoms with Gasteiger partial charge in [0.15, 0.2) is 0 Å². The van der Waals surface area contributed by atoms with Crippen molar-refractivity contribution in [1.29, 1.82) is 0 Å². The Labute approximate surface area is 124 Å². The highest BCUT2D eigenvalue weighted by Gasteiger charge is 2.32. The predicted molar refractivity (Wildman–Crippen MR) is 80.6 cm³/mol. The smallest absolute Gasteiger partial charge is 0.245 e. The molecule has 110 valence electrons. The maximum Gasteiger partial charge on any atom is 0.245 e. The van der Waals surface area contributed by atoms with Crippen LogP contribution in [-0.2, 0) is 9.59 Å². The Hall–Kier alpha value is -1.36. The minimum absolute atomic E-state index is 0.0196. The molecule has 0 aliphatic carbocycles. The number of amides is 2. The monoisotopic (exact) mass is 294 g/mol. The van der Waals surface area contributed by atoms with E-state index in [0.717, 1.165) is 6.42 Å². The van der Waals surface area contributed by atoms with Gasteiger partial charge >= 0.3 is 0 Å². The topological polar surface area (TPSA) is 49.4 Å². The third-order valence-electron chi connectivity index (χ3n) is 3.71. The number of hydrogen-bond acceptors (Lipinski definition) is 3. The van der Waals surface area contributed by atoms with Crippen LogP contribution in [-0.4, -0.2) is 29.3 Å². The summed E-state index contributed by atoms with van der Waals surface area (Å²) in [7, 11) is 0. The molecule has 2 amide bonds. The van der Waals surface area contributed by atoms with Gasteiger partial charge in [0.1, 0.15) is 6.04 Å². The molecular formula is C15H22N2O2S. The van der Waals surface area contributed by atoms with Crippen molar-refractivity contribution in [3.05, 3.63) is 21.9 Å². The van der Waals surface area contributed by atoms with Gasteiger partial charge in [-0.2, -0.15) is 0 Å². The van der Waals surface area contributed by atoms with Crippen molar-refractivity contribution in [2.24, 2.45) is 0 Å². The van der Waals surface area contributed by atoms with E-state index < -0.39 is 0 Å². The SMILES string of the molecule is CCCC1NC(=O)CCN(C(C)c2ccc(C)s2)C1=O. The number of aryl methyl sites for hydroxylation is 1. The summed E-state index contributed by atoms with van der Waals surface area (Å²) in [5.41, 5.74) is 0. The highest BCUT2D eigenvalue weighted by Crippen LogP contribution is 2.28. The second-order valence-corrected chi connectivity index (χ2v) is 6.63. The molecule has 2 heterocycles. The molecule has 0 bridgehead atoms. The number of carbonyl (C=O) groups is 2. The summed E-state index contributed by atoms with van der Waals surface area (Å²) >= 11 is 1.71. The molecule has 1 aliphatic rings. The first-order chi connectivity index (χ1) is 9.52. The first kappa shape index (κ1) is 15.0. The quantitative estimate of drug-likeness (QED) is 0.928. The Morgan fingerprint density at radius 1 is 1.45 bits per heavy atom. The molecular weight excluding hydrogens is 272 g/mol. The van der Waals surface area contributed by atoms with Gasteiger partial charge in [-0.25, -0.2) is 0 Å². The maximum atomic E-state index is 12.6. The lowest BCUT2D eigenvalue weighted by Gasteiger charge is -2.29. The molecule has 2 atom stereocenters. The van der Waals surface area contributed by atoms with Gasteiger partial charge in [0, 0.05) is 22.7 Å². The van der Waals surface area contributed by atoms with E-state index in [1.54, 1.807) is 11.3 Å². The molecule has 2 rings (SSSR count). The maximum absolute atomic E-state index is 12.6. The Kier molecular flexibility index (Phi) is 4.81. The van der Waals surface area contributed by atoms with Crippen molar-refractivity contribution in [3.63, 3.8) is 0 Å². The van der Waals surface area contributed by atoms with Crippen LogP contribution in [0.25, 0.3) is 0 Å². The van der Waals surface area contributed by atoms with Gasteiger partial charge in [0.25, 0.3) is 0 Å². The van der Waals surface area contributed by atoms with E-state index in [1.807, 2.05) is 18.7 Å². The lowest BCUT2D eigenvalue weighted by molar-refractivity contribution is -0.135. The van der Waals surface area contributed by atoms with Crippen LogP contribution in [0.2, 0.25) is 0 Å². The molecule has 1 aromatic rings. The standard InChI is InChI=1S/C15H22N2O2S/c1-4-5-12-15(19)17(9-8-14(18)16-12)11(3)13-7-6-10(2)20-13/h6-7,11-12H,4-5,8-9H2,1-3H3,(H,16,18). The van der Waals surface area contributed by atoms with Crippen molar-refractivity contribution < 1.29 is 9.59 Å². The van der Waals surface area contributed by atoms with Gasteiger partial charge in [0.2, 0.25) is 11.8 Å². The molecule has 5 heteroatoms. The van der Waals surface area contributed by atoms with Crippen molar-refractivity contribution in [3.8, 4) is 0 Å². The fourth-order valence-electron chi connectivity index (χ4n) is 2.56. The third kappa shape index (κ3) is 3.20. The van der Waals surface area contributed by atoms with E-state index in [-0.39, 0.29) is 23.9 Å². The van der Waals surface area contributed by atoms with Gasteiger partial charge in [-0.3, -0.25) is 9.59 Å². The number of nitrogens with zero attached hydrogens (tertiary/aromatic N) is 1.